The predicted octanol–water partition coefficient (Wildman–Crippen LogP) is 2.58. The van der Waals surface area contributed by atoms with Crippen molar-refractivity contribution >= 4 is 27.3 Å². The number of nitrogen functional groups attached to an aromatic ring is 1. The Labute approximate surface area is 92.0 Å². The van der Waals surface area contributed by atoms with Gasteiger partial charge in [-0.05, 0) is 25.1 Å². The fourth-order valence-electron chi connectivity index (χ4n) is 1.45. The molecule has 3 nitrogen and oxygen atoms in total. The number of nitrogens with one attached hydrogen (secondary N) is 1. The third-order valence-corrected chi connectivity index (χ3v) is 3.22. The number of hydrogen-bond acceptors (Lipinski definition) is 3. The Morgan fingerprint density at radius 2 is 2.33 bits per heavy atom. The summed E-state index contributed by atoms with van der Waals surface area (Å²) in [5.74, 6) is 0.970. The molecule has 0 radical (unpaired) electrons. The summed E-state index contributed by atoms with van der Waals surface area (Å²) < 4.78 is 6.61. The molecule has 3 N–H and O–H groups in total. The molecule has 1 aromatic heterocycles. The molecule has 2 aromatic rings. The molecule has 2 rings (SSSR count). The van der Waals surface area contributed by atoms with Crippen molar-refractivity contribution in [1.29, 1.82) is 5.41 Å². The van der Waals surface area contributed by atoms with Crippen molar-refractivity contribution in [3.63, 3.8) is 0 Å². The molecule has 15 heavy (non-hydrogen) atoms. The molecular formula is C11H12N2OS. The summed E-state index contributed by atoms with van der Waals surface area (Å²) in [7, 11) is 0. The van der Waals surface area contributed by atoms with Crippen LogP contribution in [-0.4, -0.2) is 12.4 Å². The van der Waals surface area contributed by atoms with Gasteiger partial charge in [-0.15, -0.1) is 11.3 Å². The van der Waals surface area contributed by atoms with Crippen molar-refractivity contribution in [3.05, 3.63) is 29.1 Å². The maximum Gasteiger partial charge on any atom is 0.133 e. The second-order valence-corrected chi connectivity index (χ2v) is 4.21. The fourth-order valence-corrected chi connectivity index (χ4v) is 2.39. The molecule has 0 atom stereocenters. The molecule has 0 fully saturated rings. The van der Waals surface area contributed by atoms with Gasteiger partial charge in [-0.3, -0.25) is 5.41 Å². The highest BCUT2D eigenvalue weighted by Gasteiger charge is 2.07. The van der Waals surface area contributed by atoms with Crippen LogP contribution < -0.4 is 10.5 Å². The number of thiophene rings is 1. The first-order chi connectivity index (χ1) is 7.22. The molecule has 0 saturated carbocycles. The first-order valence-corrected chi connectivity index (χ1v) is 5.53. The molecular weight excluding hydrogens is 208 g/mol. The fraction of sp³-hybridized carbons (Fsp3) is 0.182. The van der Waals surface area contributed by atoms with Gasteiger partial charge in [0.25, 0.3) is 0 Å². The van der Waals surface area contributed by atoms with E-state index in [0.717, 1.165) is 20.7 Å². The van der Waals surface area contributed by atoms with Crippen LogP contribution in [0.15, 0.2) is 24.3 Å². The highest BCUT2D eigenvalue weighted by Crippen LogP contribution is 2.32. The van der Waals surface area contributed by atoms with Gasteiger partial charge in [-0.25, -0.2) is 0 Å². The van der Waals surface area contributed by atoms with E-state index >= 15 is 0 Å². The molecule has 0 aliphatic rings. The minimum absolute atomic E-state index is 0.110. The first kappa shape index (κ1) is 9.98. The second kappa shape index (κ2) is 3.90. The smallest absolute Gasteiger partial charge is 0.133 e. The molecule has 0 aliphatic heterocycles. The molecule has 0 saturated heterocycles. The number of ether oxygens (including phenoxy) is 1. The zero-order valence-electron chi connectivity index (χ0n) is 8.41. The van der Waals surface area contributed by atoms with Gasteiger partial charge in [0.1, 0.15) is 11.6 Å². The lowest BCUT2D eigenvalue weighted by molar-refractivity contribution is 0.344. The highest BCUT2D eigenvalue weighted by molar-refractivity contribution is 7.20. The van der Waals surface area contributed by atoms with Gasteiger partial charge in [0.2, 0.25) is 0 Å². The van der Waals surface area contributed by atoms with Gasteiger partial charge in [-0.1, -0.05) is 6.07 Å². The summed E-state index contributed by atoms with van der Waals surface area (Å²) in [6.45, 7) is 2.60. The normalized spacial score (nSPS) is 10.5. The summed E-state index contributed by atoms with van der Waals surface area (Å²) in [4.78, 5) is 0.789. The first-order valence-electron chi connectivity index (χ1n) is 4.72. The molecule has 4 heteroatoms. The van der Waals surface area contributed by atoms with Crippen LogP contribution in [0.2, 0.25) is 0 Å². The summed E-state index contributed by atoms with van der Waals surface area (Å²) in [5, 5.41) is 8.42. The van der Waals surface area contributed by atoms with Gasteiger partial charge < -0.3 is 10.5 Å². The zero-order chi connectivity index (χ0) is 10.8. The third kappa shape index (κ3) is 1.80. The van der Waals surface area contributed by atoms with E-state index in [1.54, 1.807) is 0 Å². The summed E-state index contributed by atoms with van der Waals surface area (Å²) >= 11 is 1.52. The standard InChI is InChI=1S/C11H12N2OS/c1-2-14-8-4-3-5-9-7(8)6-10(15-9)11(12)13/h3-6H,2H2,1H3,(H3,12,13). The number of rotatable bonds is 3. The quantitative estimate of drug-likeness (QED) is 0.617. The van der Waals surface area contributed by atoms with E-state index in [-0.39, 0.29) is 5.84 Å². The van der Waals surface area contributed by atoms with Crippen molar-refractivity contribution in [3.8, 4) is 5.75 Å². The van der Waals surface area contributed by atoms with E-state index in [1.807, 2.05) is 31.2 Å². The van der Waals surface area contributed by atoms with Crippen LogP contribution in [0.1, 0.15) is 11.8 Å². The van der Waals surface area contributed by atoms with Crippen molar-refractivity contribution in [2.45, 2.75) is 6.92 Å². The Morgan fingerprint density at radius 3 is 3.00 bits per heavy atom. The highest BCUT2D eigenvalue weighted by atomic mass is 32.1. The average Bonchev–Trinajstić information content (AvgIpc) is 2.63. The third-order valence-electron chi connectivity index (χ3n) is 2.09. The molecule has 0 bridgehead atoms. The Kier molecular flexibility index (Phi) is 2.60. The van der Waals surface area contributed by atoms with Gasteiger partial charge in [0, 0.05) is 10.1 Å². The van der Waals surface area contributed by atoms with Gasteiger partial charge in [-0.2, -0.15) is 0 Å². The summed E-state index contributed by atoms with van der Waals surface area (Å²) in [5.41, 5.74) is 5.45. The number of nitrogens with two attached hydrogens (primary N) is 1. The van der Waals surface area contributed by atoms with Gasteiger partial charge in [0.05, 0.1) is 11.5 Å². The number of benzene rings is 1. The largest absolute Gasteiger partial charge is 0.493 e. The minimum atomic E-state index is 0.110. The lowest BCUT2D eigenvalue weighted by Gasteiger charge is -2.02. The van der Waals surface area contributed by atoms with E-state index < -0.39 is 0 Å². The van der Waals surface area contributed by atoms with E-state index in [2.05, 4.69) is 0 Å². The molecule has 0 amide bonds. The second-order valence-electron chi connectivity index (χ2n) is 3.13. The van der Waals surface area contributed by atoms with Crippen molar-refractivity contribution in [2.75, 3.05) is 6.61 Å². The van der Waals surface area contributed by atoms with Crippen molar-refractivity contribution in [2.24, 2.45) is 5.73 Å². The molecule has 0 aliphatic carbocycles. The molecule has 78 valence electrons. The number of amidine groups is 1. The molecule has 0 spiro atoms. The monoisotopic (exact) mass is 220 g/mol. The van der Waals surface area contributed by atoms with E-state index in [1.165, 1.54) is 11.3 Å². The Morgan fingerprint density at radius 1 is 1.53 bits per heavy atom. The number of hydrogen-bond donors (Lipinski definition) is 2. The Hall–Kier alpha value is -1.55. The van der Waals surface area contributed by atoms with Crippen molar-refractivity contribution < 1.29 is 4.74 Å². The Bertz CT molecular complexity index is 504. The lowest BCUT2D eigenvalue weighted by Crippen LogP contribution is -2.08. The van der Waals surface area contributed by atoms with Gasteiger partial charge >= 0.3 is 0 Å². The zero-order valence-corrected chi connectivity index (χ0v) is 9.23. The van der Waals surface area contributed by atoms with E-state index in [0.29, 0.717) is 6.61 Å². The average molecular weight is 220 g/mol. The predicted molar refractivity (Wildman–Crippen MR) is 64.0 cm³/mol. The lowest BCUT2D eigenvalue weighted by atomic mass is 10.2. The van der Waals surface area contributed by atoms with E-state index in [9.17, 15) is 0 Å². The maximum atomic E-state index is 7.39. The molecule has 0 unspecified atom stereocenters. The maximum absolute atomic E-state index is 7.39. The van der Waals surface area contributed by atoms with Crippen LogP contribution in [0.25, 0.3) is 10.1 Å². The number of fused-ring (bicyclic) bond motifs is 1. The van der Waals surface area contributed by atoms with Crippen LogP contribution in [0.3, 0.4) is 0 Å². The van der Waals surface area contributed by atoms with Gasteiger partial charge in [0.15, 0.2) is 0 Å². The van der Waals surface area contributed by atoms with Crippen LogP contribution in [0, 0.1) is 5.41 Å². The topological polar surface area (TPSA) is 59.1 Å². The molecule has 1 aromatic carbocycles. The Balaban J connectivity index is 2.59. The van der Waals surface area contributed by atoms with Crippen LogP contribution in [0.5, 0.6) is 5.75 Å². The summed E-state index contributed by atoms with van der Waals surface area (Å²) in [6.07, 6.45) is 0. The van der Waals surface area contributed by atoms with Crippen LogP contribution >= 0.6 is 11.3 Å². The van der Waals surface area contributed by atoms with Crippen molar-refractivity contribution in [1.82, 2.24) is 0 Å². The molecule has 1 heterocycles. The van der Waals surface area contributed by atoms with Crippen LogP contribution in [0.4, 0.5) is 0 Å². The van der Waals surface area contributed by atoms with Crippen LogP contribution in [-0.2, 0) is 0 Å². The summed E-state index contributed by atoms with van der Waals surface area (Å²) in [6, 6.07) is 7.80. The minimum Gasteiger partial charge on any atom is -0.493 e. The van der Waals surface area contributed by atoms with E-state index in [4.69, 9.17) is 15.9 Å². The SMILES string of the molecule is CCOc1cccc2sc(C(=N)N)cc12.